The quantitative estimate of drug-likeness (QED) is 0.447. The number of fused-ring (bicyclic) bond motifs is 1. The topological polar surface area (TPSA) is 71.8 Å². The molecule has 4 aromatic rings. The molecule has 2 aromatic carbocycles. The standard InChI is InChI=1S/C21H17Cl2N5O/c1-12-5-3-8-18(24-12)26-20(29)13-9-10-17-16(11-13)25-21(28(17)2)27-19-14(22)6-4-7-15(19)23/h3-11H,1-2H3,(H,25,27)(H,24,26,29). The first-order valence-electron chi connectivity index (χ1n) is 8.85. The van der Waals surface area contributed by atoms with Crippen LogP contribution in [0.3, 0.4) is 0 Å². The second-order valence-electron chi connectivity index (χ2n) is 6.54. The van der Waals surface area contributed by atoms with Gasteiger partial charge in [0.25, 0.3) is 5.91 Å². The molecule has 2 heterocycles. The predicted octanol–water partition coefficient (Wildman–Crippen LogP) is 5.58. The van der Waals surface area contributed by atoms with Gasteiger partial charge in [0.05, 0.1) is 26.8 Å². The number of anilines is 3. The van der Waals surface area contributed by atoms with E-state index in [4.69, 9.17) is 23.2 Å². The first-order chi connectivity index (χ1) is 13.9. The number of rotatable bonds is 4. The zero-order valence-corrected chi connectivity index (χ0v) is 17.2. The zero-order valence-electron chi connectivity index (χ0n) is 15.7. The summed E-state index contributed by atoms with van der Waals surface area (Å²) >= 11 is 12.5. The highest BCUT2D eigenvalue weighted by molar-refractivity contribution is 6.39. The Morgan fingerprint density at radius 3 is 2.45 bits per heavy atom. The molecule has 2 aromatic heterocycles. The van der Waals surface area contributed by atoms with Crippen LogP contribution in [0.1, 0.15) is 16.1 Å². The third-order valence-electron chi connectivity index (χ3n) is 4.47. The van der Waals surface area contributed by atoms with Crippen molar-refractivity contribution in [1.29, 1.82) is 0 Å². The van der Waals surface area contributed by atoms with Crippen LogP contribution < -0.4 is 10.6 Å². The zero-order chi connectivity index (χ0) is 20.5. The summed E-state index contributed by atoms with van der Waals surface area (Å²) in [6.45, 7) is 1.87. The third-order valence-corrected chi connectivity index (χ3v) is 5.10. The molecule has 0 bridgehead atoms. The van der Waals surface area contributed by atoms with Crippen molar-refractivity contribution in [2.75, 3.05) is 10.6 Å². The largest absolute Gasteiger partial charge is 0.323 e. The van der Waals surface area contributed by atoms with Crippen LogP contribution >= 0.6 is 23.2 Å². The number of hydrogen-bond donors (Lipinski definition) is 2. The summed E-state index contributed by atoms with van der Waals surface area (Å²) in [5.41, 5.74) is 3.43. The van der Waals surface area contributed by atoms with Gasteiger partial charge in [0.2, 0.25) is 5.95 Å². The molecule has 0 fully saturated rings. The molecule has 1 amide bonds. The average molecular weight is 426 g/mol. The predicted molar refractivity (Wildman–Crippen MR) is 117 cm³/mol. The van der Waals surface area contributed by atoms with Crippen LogP contribution in [0, 0.1) is 6.92 Å². The Morgan fingerprint density at radius 1 is 1.00 bits per heavy atom. The lowest BCUT2D eigenvalue weighted by atomic mass is 10.2. The number of hydrogen-bond acceptors (Lipinski definition) is 4. The molecule has 0 aliphatic carbocycles. The van der Waals surface area contributed by atoms with Crippen LogP contribution in [0.2, 0.25) is 10.0 Å². The Bertz CT molecular complexity index is 1210. The Labute approximate surface area is 177 Å². The second kappa shape index (κ2) is 7.73. The van der Waals surface area contributed by atoms with E-state index in [9.17, 15) is 4.79 Å². The summed E-state index contributed by atoms with van der Waals surface area (Å²) in [6, 6.07) is 16.1. The first-order valence-corrected chi connectivity index (χ1v) is 9.60. The van der Waals surface area contributed by atoms with Gasteiger partial charge >= 0.3 is 0 Å². The fraction of sp³-hybridized carbons (Fsp3) is 0.0952. The van der Waals surface area contributed by atoms with Crippen molar-refractivity contribution < 1.29 is 4.79 Å². The number of halogens is 2. The second-order valence-corrected chi connectivity index (χ2v) is 7.35. The van der Waals surface area contributed by atoms with E-state index in [1.54, 1.807) is 36.4 Å². The van der Waals surface area contributed by atoms with E-state index in [1.807, 2.05) is 36.7 Å². The van der Waals surface area contributed by atoms with Gasteiger partial charge < -0.3 is 15.2 Å². The molecule has 0 aliphatic rings. The van der Waals surface area contributed by atoms with Crippen molar-refractivity contribution in [3.63, 3.8) is 0 Å². The van der Waals surface area contributed by atoms with E-state index < -0.39 is 0 Å². The highest BCUT2D eigenvalue weighted by Gasteiger charge is 2.14. The van der Waals surface area contributed by atoms with E-state index in [2.05, 4.69) is 20.6 Å². The van der Waals surface area contributed by atoms with Crippen molar-refractivity contribution in [1.82, 2.24) is 14.5 Å². The van der Waals surface area contributed by atoms with Gasteiger partial charge in [0.1, 0.15) is 5.82 Å². The normalized spacial score (nSPS) is 10.9. The number of pyridine rings is 1. The van der Waals surface area contributed by atoms with Gasteiger partial charge in [-0.15, -0.1) is 0 Å². The van der Waals surface area contributed by atoms with Gasteiger partial charge in [-0.25, -0.2) is 9.97 Å². The minimum absolute atomic E-state index is 0.251. The van der Waals surface area contributed by atoms with E-state index in [0.717, 1.165) is 11.2 Å². The number of amides is 1. The lowest BCUT2D eigenvalue weighted by Gasteiger charge is -2.09. The van der Waals surface area contributed by atoms with E-state index in [-0.39, 0.29) is 5.91 Å². The molecule has 29 heavy (non-hydrogen) atoms. The van der Waals surface area contributed by atoms with Crippen LogP contribution in [-0.2, 0) is 7.05 Å². The summed E-state index contributed by atoms with van der Waals surface area (Å²) in [6.07, 6.45) is 0. The lowest BCUT2D eigenvalue weighted by Crippen LogP contribution is -2.13. The molecule has 0 spiro atoms. The number of benzene rings is 2. The molecule has 0 radical (unpaired) electrons. The first kappa shape index (κ1) is 19.2. The molecule has 8 heteroatoms. The maximum atomic E-state index is 12.6. The molecular weight excluding hydrogens is 409 g/mol. The Hall–Kier alpha value is -3.09. The molecule has 146 valence electrons. The molecule has 0 atom stereocenters. The smallest absolute Gasteiger partial charge is 0.256 e. The molecule has 0 unspecified atom stereocenters. The SMILES string of the molecule is Cc1cccc(NC(=O)c2ccc3c(c2)nc(Nc2c(Cl)cccc2Cl)n3C)n1. The van der Waals surface area contributed by atoms with Gasteiger partial charge in [-0.2, -0.15) is 0 Å². The van der Waals surface area contributed by atoms with Gasteiger partial charge in [-0.1, -0.05) is 35.3 Å². The van der Waals surface area contributed by atoms with E-state index >= 15 is 0 Å². The fourth-order valence-corrected chi connectivity index (χ4v) is 3.47. The van der Waals surface area contributed by atoms with Crippen LogP contribution in [0.4, 0.5) is 17.5 Å². The summed E-state index contributed by atoms with van der Waals surface area (Å²) in [5, 5.41) is 6.97. The summed E-state index contributed by atoms with van der Waals surface area (Å²) in [5.74, 6) is 0.819. The van der Waals surface area contributed by atoms with E-state index in [1.165, 1.54) is 0 Å². The number of aromatic nitrogens is 3. The van der Waals surface area contributed by atoms with Crippen molar-refractivity contribution in [3.05, 3.63) is 75.9 Å². The number of carbonyl (C=O) groups excluding carboxylic acids is 1. The number of aryl methyl sites for hydroxylation is 2. The van der Waals surface area contributed by atoms with Crippen molar-refractivity contribution in [2.24, 2.45) is 7.05 Å². The maximum absolute atomic E-state index is 12.6. The number of imidazole rings is 1. The molecule has 0 aliphatic heterocycles. The number of nitrogens with one attached hydrogen (secondary N) is 2. The minimum Gasteiger partial charge on any atom is -0.323 e. The highest BCUT2D eigenvalue weighted by atomic mass is 35.5. The molecule has 0 saturated heterocycles. The summed E-state index contributed by atoms with van der Waals surface area (Å²) in [7, 11) is 1.87. The number of carbonyl (C=O) groups is 1. The maximum Gasteiger partial charge on any atom is 0.256 e. The van der Waals surface area contributed by atoms with Crippen molar-refractivity contribution >= 4 is 57.6 Å². The van der Waals surface area contributed by atoms with Gasteiger partial charge in [0.15, 0.2) is 0 Å². The highest BCUT2D eigenvalue weighted by Crippen LogP contribution is 2.33. The molecule has 6 nitrogen and oxygen atoms in total. The van der Waals surface area contributed by atoms with Crippen LogP contribution in [-0.4, -0.2) is 20.4 Å². The van der Waals surface area contributed by atoms with Crippen LogP contribution in [0.25, 0.3) is 11.0 Å². The summed E-state index contributed by atoms with van der Waals surface area (Å²) < 4.78 is 1.87. The molecule has 0 saturated carbocycles. The summed E-state index contributed by atoms with van der Waals surface area (Å²) in [4.78, 5) is 21.5. The molecule has 4 rings (SSSR count). The lowest BCUT2D eigenvalue weighted by molar-refractivity contribution is 0.102. The van der Waals surface area contributed by atoms with Gasteiger partial charge in [0, 0.05) is 18.3 Å². The Balaban J connectivity index is 1.64. The van der Waals surface area contributed by atoms with Gasteiger partial charge in [-0.3, -0.25) is 4.79 Å². The third kappa shape index (κ3) is 3.90. The van der Waals surface area contributed by atoms with Crippen LogP contribution in [0.5, 0.6) is 0 Å². The van der Waals surface area contributed by atoms with Crippen molar-refractivity contribution in [3.8, 4) is 0 Å². The Kier molecular flexibility index (Phi) is 5.13. The molecule has 2 N–H and O–H groups in total. The average Bonchev–Trinajstić information content (AvgIpc) is 3.00. The Morgan fingerprint density at radius 2 is 1.72 bits per heavy atom. The van der Waals surface area contributed by atoms with Crippen molar-refractivity contribution in [2.45, 2.75) is 6.92 Å². The number of nitrogens with zero attached hydrogens (tertiary/aromatic N) is 3. The number of para-hydroxylation sites is 1. The monoisotopic (exact) mass is 425 g/mol. The van der Waals surface area contributed by atoms with Gasteiger partial charge in [-0.05, 0) is 49.4 Å². The minimum atomic E-state index is -0.251. The van der Waals surface area contributed by atoms with Crippen LogP contribution in [0.15, 0.2) is 54.6 Å². The van der Waals surface area contributed by atoms with E-state index in [0.29, 0.717) is 38.6 Å². The molecular formula is C21H17Cl2N5O. The fourth-order valence-electron chi connectivity index (χ4n) is 2.98.